The summed E-state index contributed by atoms with van der Waals surface area (Å²) in [7, 11) is 0. The van der Waals surface area contributed by atoms with E-state index in [1.165, 1.54) is 85.4 Å². The van der Waals surface area contributed by atoms with Gasteiger partial charge in [-0.25, -0.2) is 0 Å². The molecule has 10 rings (SSSR count). The van der Waals surface area contributed by atoms with Crippen LogP contribution < -0.4 is 23.8 Å². The Morgan fingerprint density at radius 1 is 0.553 bits per heavy atom. The fourth-order valence-corrected chi connectivity index (χ4v) is 13.5. The summed E-state index contributed by atoms with van der Waals surface area (Å²) in [6.07, 6.45) is 11.3. The van der Waals surface area contributed by atoms with Crippen LogP contribution in [0.15, 0.2) is 150 Å². The zero-order valence-electron chi connectivity index (χ0n) is 42.5. The number of ether oxygens (including phenoxy) is 5. The second kappa shape index (κ2) is 25.4. The van der Waals surface area contributed by atoms with Crippen molar-refractivity contribution in [2.75, 3.05) is 38.1 Å². The van der Waals surface area contributed by atoms with Gasteiger partial charge in [0, 0.05) is 36.6 Å². The molecule has 0 N–H and O–H groups in total. The highest BCUT2D eigenvalue weighted by atomic mass is 32.2. The molecule has 0 spiro atoms. The molecule has 1 amide bonds. The molecule has 0 aliphatic carbocycles. The van der Waals surface area contributed by atoms with Crippen LogP contribution in [0.4, 0.5) is 17.1 Å². The van der Waals surface area contributed by atoms with E-state index in [9.17, 15) is 9.59 Å². The van der Waals surface area contributed by atoms with Crippen molar-refractivity contribution in [3.05, 3.63) is 155 Å². The van der Waals surface area contributed by atoms with Gasteiger partial charge in [0.1, 0.15) is 24.7 Å². The maximum Gasteiger partial charge on any atom is 0.294 e. The maximum atomic E-state index is 13.3. The lowest BCUT2D eigenvalue weighted by molar-refractivity contribution is -0.135. The lowest BCUT2D eigenvalue weighted by atomic mass is 10.1. The second-order valence-corrected chi connectivity index (χ2v) is 23.2. The smallest absolute Gasteiger partial charge is 0.294 e. The average molecular weight is 1100 g/mol. The van der Waals surface area contributed by atoms with Gasteiger partial charge in [-0.1, -0.05) is 113 Å². The number of hydrogen-bond acceptors (Lipinski definition) is 13. The number of amides is 1. The molecule has 14 heteroatoms. The van der Waals surface area contributed by atoms with Crippen molar-refractivity contribution in [1.82, 2.24) is 4.90 Å². The van der Waals surface area contributed by atoms with Crippen LogP contribution >= 0.6 is 58.0 Å². The number of fused-ring (bicyclic) bond motifs is 1. The summed E-state index contributed by atoms with van der Waals surface area (Å²) >= 11 is 11.7. The lowest BCUT2D eigenvalue weighted by Gasteiger charge is -2.26. The van der Waals surface area contributed by atoms with Crippen LogP contribution in [-0.4, -0.2) is 54.8 Å². The number of thioether (sulfide) groups is 1. The summed E-state index contributed by atoms with van der Waals surface area (Å²) in [5, 5.41) is 0. The first kappa shape index (κ1) is 52.7. The van der Waals surface area contributed by atoms with Gasteiger partial charge in [0.15, 0.2) is 22.6 Å². The van der Waals surface area contributed by atoms with Crippen molar-refractivity contribution in [2.24, 2.45) is 0 Å². The Hall–Kier alpha value is -6.68. The molecule has 2 aliphatic rings. The van der Waals surface area contributed by atoms with Gasteiger partial charge in [0.05, 0.1) is 27.9 Å². The molecule has 5 aromatic carbocycles. The summed E-state index contributed by atoms with van der Waals surface area (Å²) in [6.45, 7) is 6.80. The van der Waals surface area contributed by atoms with Crippen LogP contribution in [0.2, 0.25) is 0 Å². The molecular weight excluding hydrogens is 1050 g/mol. The van der Waals surface area contributed by atoms with E-state index < -0.39 is 0 Å². The Bertz CT molecular complexity index is 3130. The summed E-state index contributed by atoms with van der Waals surface area (Å²) in [4.78, 5) is 34.5. The predicted molar refractivity (Wildman–Crippen MR) is 319 cm³/mol. The molecule has 0 unspecified atom stereocenters. The van der Waals surface area contributed by atoms with Crippen LogP contribution in [0.25, 0.3) is 58.3 Å². The van der Waals surface area contributed by atoms with Gasteiger partial charge in [0.25, 0.3) is 12.4 Å². The first-order valence-corrected chi connectivity index (χ1v) is 29.6. The third kappa shape index (κ3) is 12.4. The monoisotopic (exact) mass is 1100 g/mol. The van der Waals surface area contributed by atoms with E-state index in [1.54, 1.807) is 28.7 Å². The van der Waals surface area contributed by atoms with Crippen LogP contribution in [0.3, 0.4) is 0 Å². The third-order valence-electron chi connectivity index (χ3n) is 13.1. The summed E-state index contributed by atoms with van der Waals surface area (Å²) in [6, 6.07) is 51.8. The number of rotatable bonds is 24. The molecule has 76 heavy (non-hydrogen) atoms. The number of hydrogen-bond donors (Lipinski definition) is 0. The first-order valence-electron chi connectivity index (χ1n) is 25.9. The number of carbonyl (C=O) groups is 2. The zero-order chi connectivity index (χ0) is 52.2. The van der Waals surface area contributed by atoms with E-state index >= 15 is 0 Å². The van der Waals surface area contributed by atoms with Crippen molar-refractivity contribution in [2.45, 2.75) is 65.2 Å². The highest BCUT2D eigenvalue weighted by Gasteiger charge is 2.34. The number of thiophene rings is 3. The number of benzene rings is 5. The fraction of sp³-hybridized carbons (Fsp3) is 0.242. The van der Waals surface area contributed by atoms with E-state index in [-0.39, 0.29) is 12.6 Å². The minimum atomic E-state index is -0.330. The Balaban J connectivity index is 0.910. The van der Waals surface area contributed by atoms with Gasteiger partial charge in [-0.05, 0) is 156 Å². The first-order chi connectivity index (χ1) is 37.4. The van der Waals surface area contributed by atoms with Gasteiger partial charge in [-0.15, -0.1) is 34.0 Å². The Morgan fingerprint density at radius 2 is 0.987 bits per heavy atom. The molecule has 388 valence electrons. The normalized spacial score (nSPS) is 13.6. The van der Waals surface area contributed by atoms with Crippen LogP contribution in [0.5, 0.6) is 23.0 Å². The van der Waals surface area contributed by atoms with Crippen LogP contribution in [-0.2, 0) is 14.3 Å². The van der Waals surface area contributed by atoms with Gasteiger partial charge < -0.3 is 28.6 Å². The van der Waals surface area contributed by atoms with Gasteiger partial charge in [0.2, 0.25) is 0 Å². The number of carbonyl (C=O) groups excluding carboxylic acids is 2. The van der Waals surface area contributed by atoms with E-state index in [1.807, 2.05) is 0 Å². The summed E-state index contributed by atoms with van der Waals surface area (Å²) in [5.74, 6) is 2.73. The quantitative estimate of drug-likeness (QED) is 0.0252. The Morgan fingerprint density at radius 3 is 1.43 bits per heavy atom. The molecule has 0 bridgehead atoms. The topological polar surface area (TPSA) is 86.8 Å². The minimum Gasteiger partial charge on any atom is -0.494 e. The van der Waals surface area contributed by atoms with E-state index in [0.717, 1.165) is 92.8 Å². The molecule has 2 aliphatic heterocycles. The Labute approximate surface area is 466 Å². The second-order valence-electron chi connectivity index (χ2n) is 18.3. The molecule has 3 aromatic heterocycles. The molecule has 1 fully saturated rings. The van der Waals surface area contributed by atoms with Crippen LogP contribution in [0.1, 0.15) is 70.1 Å². The maximum absolute atomic E-state index is 13.3. The van der Waals surface area contributed by atoms with Gasteiger partial charge in [-0.3, -0.25) is 14.5 Å². The molecule has 0 radical (unpaired) electrons. The molecule has 9 nitrogen and oxygen atoms in total. The summed E-state index contributed by atoms with van der Waals surface area (Å²) < 4.78 is 29.6. The molecular formula is C62H58N2O7S5. The van der Waals surface area contributed by atoms with Crippen molar-refractivity contribution in [3.8, 4) is 75.2 Å². The Kier molecular flexibility index (Phi) is 17.7. The standard InChI is InChI=1S/C62H58N2O7S5/c1-3-5-7-9-35-68-50-27-17-44(18-28-50)54-33-31-52(73-54)42-11-21-47(22-12-42)64(48-23-13-43(14-24-48)53-32-34-55(74-53)45-19-29-51(30-20-45)69-36-10-8-6-4-2)49-25-15-46(16-26-49)60-59-58(70-37-38-71-59)56(75-60)39-57-61(66)63(40-67-41-65)62(72)76-57/h11-34,39,41H,3-10,35-38,40H2,1-2H3/b57-39-. The van der Waals surface area contributed by atoms with Gasteiger partial charge >= 0.3 is 0 Å². The van der Waals surface area contributed by atoms with E-state index in [0.29, 0.717) is 40.4 Å². The number of nitrogens with zero attached hydrogens (tertiary/aromatic N) is 2. The minimum absolute atomic E-state index is 0.237. The highest BCUT2D eigenvalue weighted by Crippen LogP contribution is 2.52. The van der Waals surface area contributed by atoms with Crippen LogP contribution in [0, 0.1) is 0 Å². The van der Waals surface area contributed by atoms with Crippen molar-refractivity contribution in [3.63, 3.8) is 0 Å². The van der Waals surface area contributed by atoms with Gasteiger partial charge in [-0.2, -0.15) is 0 Å². The van der Waals surface area contributed by atoms with Crippen molar-refractivity contribution >= 4 is 97.8 Å². The fourth-order valence-electron chi connectivity index (χ4n) is 9.02. The number of anilines is 3. The SMILES string of the molecule is CCCCCCOc1ccc(-c2ccc(-c3ccc(N(c4ccc(-c5ccc(-c6ccc(OCCCCCC)cc6)s5)cc4)c4ccc(-c5sc(/C=C6\SC(=S)N(COC=O)C6=O)c6c5OCCO6)cc4)cc3)s2)cc1. The number of thiocarbonyl (C=S) groups is 1. The molecule has 0 atom stereocenters. The van der Waals surface area contributed by atoms with Crippen molar-refractivity contribution in [1.29, 1.82) is 0 Å². The van der Waals surface area contributed by atoms with Crippen molar-refractivity contribution < 1.29 is 33.3 Å². The number of unbranched alkanes of at least 4 members (excludes halogenated alkanes) is 6. The zero-order valence-corrected chi connectivity index (χ0v) is 46.6. The molecule has 5 heterocycles. The molecule has 0 saturated carbocycles. The largest absolute Gasteiger partial charge is 0.494 e. The van der Waals surface area contributed by atoms with E-state index in [2.05, 4.69) is 164 Å². The van der Waals surface area contributed by atoms with E-state index in [4.69, 9.17) is 35.9 Å². The molecule has 8 aromatic rings. The highest BCUT2D eigenvalue weighted by molar-refractivity contribution is 8.26. The lowest BCUT2D eigenvalue weighted by Crippen LogP contribution is -2.30. The molecule has 1 saturated heterocycles. The average Bonchev–Trinajstić information content (AvgIpc) is 4.28. The summed E-state index contributed by atoms with van der Waals surface area (Å²) in [5.41, 5.74) is 8.60. The predicted octanol–water partition coefficient (Wildman–Crippen LogP) is 17.7. The third-order valence-corrected chi connectivity index (χ3v) is 18.0.